The third-order valence-corrected chi connectivity index (χ3v) is 4.14. The van der Waals surface area contributed by atoms with E-state index in [1.807, 2.05) is 54.6 Å². The molecule has 0 aliphatic rings. The van der Waals surface area contributed by atoms with Gasteiger partial charge in [-0.3, -0.25) is 0 Å². The minimum Gasteiger partial charge on any atom is -0.396 e. The zero-order valence-electron chi connectivity index (χ0n) is 15.3. The van der Waals surface area contributed by atoms with E-state index in [1.165, 1.54) is 0 Å². The number of nitrogens with one attached hydrogen (secondary N) is 2. The molecule has 0 aromatic heterocycles. The van der Waals surface area contributed by atoms with E-state index in [1.54, 1.807) is 0 Å². The fourth-order valence-electron chi connectivity index (χ4n) is 2.87. The Bertz CT molecular complexity index is 678. The largest absolute Gasteiger partial charge is 0.396 e. The molecule has 0 radical (unpaired) electrons. The first kappa shape index (κ1) is 19.0. The van der Waals surface area contributed by atoms with Crippen LogP contribution in [-0.2, 0) is 5.41 Å². The summed E-state index contributed by atoms with van der Waals surface area (Å²) in [5, 5.41) is 15.1. The standard InChI is InChI=1S/C21H28N2O2/c1-21(2,3)17-12-7-8-13-19(17)23-20(25)22-18(14-9-15-24)16-10-5-4-6-11-16/h4-8,10-13,18,24H,9,14-15H2,1-3H3,(H2,22,23,25). The van der Waals surface area contributed by atoms with Crippen molar-refractivity contribution in [1.82, 2.24) is 5.32 Å². The summed E-state index contributed by atoms with van der Waals surface area (Å²) >= 11 is 0. The molecule has 25 heavy (non-hydrogen) atoms. The summed E-state index contributed by atoms with van der Waals surface area (Å²) in [4.78, 5) is 12.6. The van der Waals surface area contributed by atoms with Crippen LogP contribution in [-0.4, -0.2) is 17.7 Å². The molecule has 0 bridgehead atoms. The van der Waals surface area contributed by atoms with Crippen molar-refractivity contribution in [1.29, 1.82) is 0 Å². The lowest BCUT2D eigenvalue weighted by atomic mass is 9.86. The van der Waals surface area contributed by atoms with Crippen molar-refractivity contribution in [3.8, 4) is 0 Å². The van der Waals surface area contributed by atoms with Crippen molar-refractivity contribution in [3.63, 3.8) is 0 Å². The van der Waals surface area contributed by atoms with Crippen molar-refractivity contribution in [2.75, 3.05) is 11.9 Å². The molecule has 0 aliphatic heterocycles. The van der Waals surface area contributed by atoms with Crippen LogP contribution in [0.3, 0.4) is 0 Å². The molecule has 0 aliphatic carbocycles. The van der Waals surface area contributed by atoms with Crippen LogP contribution in [0.4, 0.5) is 10.5 Å². The number of aliphatic hydroxyl groups excluding tert-OH is 1. The number of carbonyl (C=O) groups is 1. The summed E-state index contributed by atoms with van der Waals surface area (Å²) in [7, 11) is 0. The van der Waals surface area contributed by atoms with Crippen LogP contribution >= 0.6 is 0 Å². The fourth-order valence-corrected chi connectivity index (χ4v) is 2.87. The van der Waals surface area contributed by atoms with Crippen LogP contribution in [0.5, 0.6) is 0 Å². The molecular formula is C21H28N2O2. The Balaban J connectivity index is 2.12. The lowest BCUT2D eigenvalue weighted by Gasteiger charge is -2.24. The summed E-state index contributed by atoms with van der Waals surface area (Å²) in [6, 6.07) is 17.3. The van der Waals surface area contributed by atoms with Gasteiger partial charge in [-0.1, -0.05) is 69.3 Å². The van der Waals surface area contributed by atoms with Crippen LogP contribution in [0.1, 0.15) is 50.8 Å². The SMILES string of the molecule is CC(C)(C)c1ccccc1NC(=O)NC(CCCO)c1ccccc1. The Hall–Kier alpha value is -2.33. The van der Waals surface area contributed by atoms with E-state index in [0.29, 0.717) is 12.8 Å². The lowest BCUT2D eigenvalue weighted by Crippen LogP contribution is -2.33. The topological polar surface area (TPSA) is 61.4 Å². The van der Waals surface area contributed by atoms with E-state index in [2.05, 4.69) is 31.4 Å². The zero-order chi connectivity index (χ0) is 18.3. The first-order chi connectivity index (χ1) is 11.9. The number of aliphatic hydroxyl groups is 1. The average Bonchev–Trinajstić information content (AvgIpc) is 2.59. The molecule has 134 valence electrons. The highest BCUT2D eigenvalue weighted by atomic mass is 16.3. The summed E-state index contributed by atoms with van der Waals surface area (Å²) in [6.45, 7) is 6.48. The molecule has 1 atom stereocenters. The number of para-hydroxylation sites is 1. The number of urea groups is 1. The van der Waals surface area contributed by atoms with Crippen LogP contribution < -0.4 is 10.6 Å². The molecule has 3 N–H and O–H groups in total. The Morgan fingerprint density at radius 2 is 1.68 bits per heavy atom. The first-order valence-electron chi connectivity index (χ1n) is 8.74. The van der Waals surface area contributed by atoms with Crippen LogP contribution in [0, 0.1) is 0 Å². The highest BCUT2D eigenvalue weighted by molar-refractivity contribution is 5.90. The van der Waals surface area contributed by atoms with Crippen molar-refractivity contribution in [2.24, 2.45) is 0 Å². The van der Waals surface area contributed by atoms with E-state index in [4.69, 9.17) is 5.11 Å². The lowest BCUT2D eigenvalue weighted by molar-refractivity contribution is 0.243. The van der Waals surface area contributed by atoms with Crippen LogP contribution in [0.15, 0.2) is 54.6 Å². The second-order valence-electron chi connectivity index (χ2n) is 7.22. The van der Waals surface area contributed by atoms with Gasteiger partial charge in [0.05, 0.1) is 6.04 Å². The molecule has 0 fully saturated rings. The molecule has 2 rings (SSSR count). The zero-order valence-corrected chi connectivity index (χ0v) is 15.3. The third kappa shape index (κ3) is 5.61. The Kier molecular flexibility index (Phi) is 6.59. The number of hydrogen-bond donors (Lipinski definition) is 3. The highest BCUT2D eigenvalue weighted by Gasteiger charge is 2.20. The maximum Gasteiger partial charge on any atom is 0.319 e. The van der Waals surface area contributed by atoms with E-state index >= 15 is 0 Å². The normalized spacial score (nSPS) is 12.5. The van der Waals surface area contributed by atoms with Gasteiger partial charge in [0.25, 0.3) is 0 Å². The monoisotopic (exact) mass is 340 g/mol. The maximum atomic E-state index is 12.6. The predicted octanol–water partition coefficient (Wildman–Crippen LogP) is 4.62. The van der Waals surface area contributed by atoms with Crippen molar-refractivity contribution in [3.05, 3.63) is 65.7 Å². The van der Waals surface area contributed by atoms with E-state index in [0.717, 1.165) is 16.8 Å². The van der Waals surface area contributed by atoms with Gasteiger partial charge in [-0.05, 0) is 35.4 Å². The van der Waals surface area contributed by atoms with E-state index in [9.17, 15) is 4.79 Å². The number of anilines is 1. The number of rotatable bonds is 6. The summed E-state index contributed by atoms with van der Waals surface area (Å²) < 4.78 is 0. The van der Waals surface area contributed by atoms with E-state index in [-0.39, 0.29) is 24.1 Å². The number of carbonyl (C=O) groups excluding carboxylic acids is 1. The Morgan fingerprint density at radius 3 is 2.32 bits per heavy atom. The van der Waals surface area contributed by atoms with Crippen molar-refractivity contribution >= 4 is 11.7 Å². The molecule has 2 amide bonds. The predicted molar refractivity (Wildman–Crippen MR) is 103 cm³/mol. The molecule has 2 aromatic carbocycles. The fraction of sp³-hybridized carbons (Fsp3) is 0.381. The smallest absolute Gasteiger partial charge is 0.319 e. The molecular weight excluding hydrogens is 312 g/mol. The minimum absolute atomic E-state index is 0.0560. The second kappa shape index (κ2) is 8.67. The van der Waals surface area contributed by atoms with Crippen LogP contribution in [0.2, 0.25) is 0 Å². The van der Waals surface area contributed by atoms with E-state index < -0.39 is 0 Å². The molecule has 0 spiro atoms. The molecule has 2 aromatic rings. The summed E-state index contributed by atoms with van der Waals surface area (Å²) in [5.41, 5.74) is 2.90. The molecule has 1 unspecified atom stereocenters. The van der Waals surface area contributed by atoms with Gasteiger partial charge in [-0.15, -0.1) is 0 Å². The van der Waals surface area contributed by atoms with Gasteiger partial charge >= 0.3 is 6.03 Å². The van der Waals surface area contributed by atoms with Crippen LogP contribution in [0.25, 0.3) is 0 Å². The third-order valence-electron chi connectivity index (χ3n) is 4.14. The second-order valence-corrected chi connectivity index (χ2v) is 7.22. The van der Waals surface area contributed by atoms with Gasteiger partial charge in [0, 0.05) is 12.3 Å². The molecule has 4 nitrogen and oxygen atoms in total. The molecule has 4 heteroatoms. The Morgan fingerprint density at radius 1 is 1.04 bits per heavy atom. The quantitative estimate of drug-likeness (QED) is 0.718. The number of hydrogen-bond acceptors (Lipinski definition) is 2. The van der Waals surface area contributed by atoms with Gasteiger partial charge in [-0.2, -0.15) is 0 Å². The molecule has 0 heterocycles. The average molecular weight is 340 g/mol. The van der Waals surface area contributed by atoms with Gasteiger partial charge < -0.3 is 15.7 Å². The Labute approximate surface area is 150 Å². The van der Waals surface area contributed by atoms with Gasteiger partial charge in [-0.25, -0.2) is 4.79 Å². The van der Waals surface area contributed by atoms with Crippen molar-refractivity contribution in [2.45, 2.75) is 45.1 Å². The molecule has 0 saturated carbocycles. The number of benzene rings is 2. The summed E-state index contributed by atoms with van der Waals surface area (Å²) in [5.74, 6) is 0. The first-order valence-corrected chi connectivity index (χ1v) is 8.74. The van der Waals surface area contributed by atoms with Gasteiger partial charge in [0.15, 0.2) is 0 Å². The summed E-state index contributed by atoms with van der Waals surface area (Å²) in [6.07, 6.45) is 1.33. The highest BCUT2D eigenvalue weighted by Crippen LogP contribution is 2.29. The molecule has 0 saturated heterocycles. The number of amides is 2. The van der Waals surface area contributed by atoms with Crippen molar-refractivity contribution < 1.29 is 9.90 Å². The van der Waals surface area contributed by atoms with Gasteiger partial charge in [0.1, 0.15) is 0 Å². The van der Waals surface area contributed by atoms with Gasteiger partial charge in [0.2, 0.25) is 0 Å². The maximum absolute atomic E-state index is 12.6. The minimum atomic E-state index is -0.233.